The van der Waals surface area contributed by atoms with E-state index in [1.165, 1.54) is 11.8 Å². The number of aromatic amines is 1. The summed E-state index contributed by atoms with van der Waals surface area (Å²) in [5.74, 6) is 0.522. The largest absolute Gasteiger partial charge is 0.411 e. The molecular formula is C10H8N4OS. The van der Waals surface area contributed by atoms with Crippen LogP contribution in [0.5, 0.6) is 0 Å². The summed E-state index contributed by atoms with van der Waals surface area (Å²) in [7, 11) is 0. The molecule has 0 saturated heterocycles. The molecule has 1 N–H and O–H groups in total. The molecule has 0 fully saturated rings. The zero-order valence-corrected chi connectivity index (χ0v) is 9.28. The van der Waals surface area contributed by atoms with Crippen LogP contribution >= 0.6 is 11.8 Å². The van der Waals surface area contributed by atoms with E-state index in [-0.39, 0.29) is 0 Å². The summed E-state index contributed by atoms with van der Waals surface area (Å²) in [5, 5.41) is 8.44. The molecule has 0 aliphatic heterocycles. The van der Waals surface area contributed by atoms with Crippen molar-refractivity contribution in [1.82, 2.24) is 20.2 Å². The number of fused-ring (bicyclic) bond motifs is 1. The molecule has 0 atom stereocenters. The van der Waals surface area contributed by atoms with Crippen molar-refractivity contribution >= 4 is 22.8 Å². The highest BCUT2D eigenvalue weighted by Gasteiger charge is 2.08. The molecule has 2 aromatic heterocycles. The normalized spacial score (nSPS) is 11.1. The Labute approximate surface area is 95.3 Å². The summed E-state index contributed by atoms with van der Waals surface area (Å²) >= 11 is 1.43. The van der Waals surface area contributed by atoms with E-state index in [1.807, 2.05) is 24.5 Å². The highest BCUT2D eigenvalue weighted by atomic mass is 32.2. The maximum atomic E-state index is 5.45. The number of nitrogens with one attached hydrogen (secondary N) is 1. The first-order chi connectivity index (χ1) is 7.86. The maximum absolute atomic E-state index is 5.45. The topological polar surface area (TPSA) is 67.6 Å². The second kappa shape index (κ2) is 3.64. The van der Waals surface area contributed by atoms with E-state index in [4.69, 9.17) is 4.42 Å². The fourth-order valence-corrected chi connectivity index (χ4v) is 1.76. The van der Waals surface area contributed by atoms with Gasteiger partial charge in [0, 0.05) is 5.56 Å². The van der Waals surface area contributed by atoms with Gasteiger partial charge in [-0.15, -0.1) is 10.2 Å². The number of rotatable bonds is 2. The van der Waals surface area contributed by atoms with E-state index in [1.54, 1.807) is 6.33 Å². The Bertz CT molecular complexity index is 630. The molecule has 16 heavy (non-hydrogen) atoms. The van der Waals surface area contributed by atoms with Crippen LogP contribution in [-0.4, -0.2) is 26.4 Å². The van der Waals surface area contributed by atoms with Crippen LogP contribution in [0.1, 0.15) is 0 Å². The predicted molar refractivity (Wildman–Crippen MR) is 61.2 cm³/mol. The van der Waals surface area contributed by atoms with Crippen LogP contribution in [0.25, 0.3) is 22.5 Å². The molecule has 0 spiro atoms. The van der Waals surface area contributed by atoms with Crippen molar-refractivity contribution < 1.29 is 4.42 Å². The number of thioether (sulfide) groups is 1. The molecule has 5 nitrogen and oxygen atoms in total. The van der Waals surface area contributed by atoms with Gasteiger partial charge in [0.05, 0.1) is 17.4 Å². The summed E-state index contributed by atoms with van der Waals surface area (Å²) in [6, 6.07) is 5.79. The molecular weight excluding hydrogens is 224 g/mol. The first-order valence-corrected chi connectivity index (χ1v) is 5.90. The molecule has 3 rings (SSSR count). The first kappa shape index (κ1) is 9.41. The fourth-order valence-electron chi connectivity index (χ4n) is 1.47. The van der Waals surface area contributed by atoms with E-state index in [9.17, 15) is 0 Å². The Balaban J connectivity index is 2.10. The van der Waals surface area contributed by atoms with Gasteiger partial charge in [-0.3, -0.25) is 0 Å². The zero-order chi connectivity index (χ0) is 11.0. The summed E-state index contributed by atoms with van der Waals surface area (Å²) in [4.78, 5) is 7.21. The monoisotopic (exact) mass is 232 g/mol. The van der Waals surface area contributed by atoms with E-state index in [2.05, 4.69) is 20.2 Å². The minimum absolute atomic E-state index is 0.522. The second-order valence-corrected chi connectivity index (χ2v) is 3.97. The number of H-pyrrole nitrogens is 1. The lowest BCUT2D eigenvalue weighted by molar-refractivity contribution is 0.466. The van der Waals surface area contributed by atoms with Gasteiger partial charge in [0.2, 0.25) is 5.89 Å². The van der Waals surface area contributed by atoms with Gasteiger partial charge in [-0.2, -0.15) is 0 Å². The minimum atomic E-state index is 0.522. The third kappa shape index (κ3) is 1.47. The van der Waals surface area contributed by atoms with Gasteiger partial charge in [0.25, 0.3) is 5.22 Å². The van der Waals surface area contributed by atoms with Gasteiger partial charge < -0.3 is 9.40 Å². The van der Waals surface area contributed by atoms with Crippen LogP contribution in [0, 0.1) is 0 Å². The molecule has 1 aromatic carbocycles. The van der Waals surface area contributed by atoms with Crippen LogP contribution in [-0.2, 0) is 0 Å². The number of imidazole rings is 1. The molecule has 0 bridgehead atoms. The zero-order valence-electron chi connectivity index (χ0n) is 8.47. The van der Waals surface area contributed by atoms with E-state index in [0.29, 0.717) is 11.1 Å². The summed E-state index contributed by atoms with van der Waals surface area (Å²) in [5.41, 5.74) is 2.77. The average molecular weight is 232 g/mol. The van der Waals surface area contributed by atoms with Gasteiger partial charge in [-0.25, -0.2) is 4.98 Å². The molecule has 0 aliphatic carbocycles. The van der Waals surface area contributed by atoms with Crippen molar-refractivity contribution in [3.05, 3.63) is 24.5 Å². The number of hydrogen-bond acceptors (Lipinski definition) is 5. The Morgan fingerprint density at radius 2 is 2.25 bits per heavy atom. The van der Waals surface area contributed by atoms with E-state index < -0.39 is 0 Å². The van der Waals surface area contributed by atoms with Crippen molar-refractivity contribution in [3.63, 3.8) is 0 Å². The molecule has 0 unspecified atom stereocenters. The molecule has 0 radical (unpaired) electrons. The Kier molecular flexibility index (Phi) is 2.14. The van der Waals surface area contributed by atoms with Crippen molar-refractivity contribution in [2.24, 2.45) is 0 Å². The Morgan fingerprint density at radius 3 is 3.06 bits per heavy atom. The molecule has 80 valence electrons. The molecule has 0 saturated carbocycles. The lowest BCUT2D eigenvalue weighted by atomic mass is 10.2. The SMILES string of the molecule is CSc1nnc(-c2ccc3[nH]cnc3c2)o1. The van der Waals surface area contributed by atoms with Gasteiger partial charge in [-0.05, 0) is 24.5 Å². The van der Waals surface area contributed by atoms with Gasteiger partial charge >= 0.3 is 0 Å². The molecule has 3 aromatic rings. The van der Waals surface area contributed by atoms with Crippen molar-refractivity contribution in [1.29, 1.82) is 0 Å². The van der Waals surface area contributed by atoms with E-state index >= 15 is 0 Å². The van der Waals surface area contributed by atoms with Gasteiger partial charge in [0.1, 0.15) is 0 Å². The van der Waals surface area contributed by atoms with Crippen LogP contribution in [0.15, 0.2) is 34.2 Å². The molecule has 6 heteroatoms. The van der Waals surface area contributed by atoms with E-state index in [0.717, 1.165) is 16.6 Å². The lowest BCUT2D eigenvalue weighted by Crippen LogP contribution is -1.78. The fraction of sp³-hybridized carbons (Fsp3) is 0.100. The minimum Gasteiger partial charge on any atom is -0.411 e. The Hall–Kier alpha value is -1.82. The third-order valence-electron chi connectivity index (χ3n) is 2.25. The van der Waals surface area contributed by atoms with Gasteiger partial charge in [0.15, 0.2) is 0 Å². The summed E-state index contributed by atoms with van der Waals surface area (Å²) in [6.45, 7) is 0. The first-order valence-electron chi connectivity index (χ1n) is 4.68. The summed E-state index contributed by atoms with van der Waals surface area (Å²) < 4.78 is 5.45. The number of hydrogen-bond donors (Lipinski definition) is 1. The maximum Gasteiger partial charge on any atom is 0.276 e. The van der Waals surface area contributed by atoms with Crippen LogP contribution < -0.4 is 0 Å². The third-order valence-corrected chi connectivity index (χ3v) is 2.76. The predicted octanol–water partition coefficient (Wildman–Crippen LogP) is 2.33. The number of benzene rings is 1. The standard InChI is InChI=1S/C10H8N4OS/c1-16-10-14-13-9(15-10)6-2-3-7-8(4-6)12-5-11-7/h2-5H,1H3,(H,11,12). The number of nitrogens with zero attached hydrogens (tertiary/aromatic N) is 3. The van der Waals surface area contributed by atoms with Crippen LogP contribution in [0.4, 0.5) is 0 Å². The van der Waals surface area contributed by atoms with Crippen molar-refractivity contribution in [3.8, 4) is 11.5 Å². The smallest absolute Gasteiger partial charge is 0.276 e. The van der Waals surface area contributed by atoms with Crippen molar-refractivity contribution in [2.75, 3.05) is 6.26 Å². The average Bonchev–Trinajstić information content (AvgIpc) is 2.96. The van der Waals surface area contributed by atoms with Crippen LogP contribution in [0.3, 0.4) is 0 Å². The highest BCUT2D eigenvalue weighted by Crippen LogP contribution is 2.23. The molecule has 0 aliphatic rings. The molecule has 2 heterocycles. The lowest BCUT2D eigenvalue weighted by Gasteiger charge is -1.93. The van der Waals surface area contributed by atoms with Crippen molar-refractivity contribution in [2.45, 2.75) is 5.22 Å². The second-order valence-electron chi connectivity index (χ2n) is 3.21. The quantitative estimate of drug-likeness (QED) is 0.687. The summed E-state index contributed by atoms with van der Waals surface area (Å²) in [6.07, 6.45) is 3.56. The highest BCUT2D eigenvalue weighted by molar-refractivity contribution is 7.98. The van der Waals surface area contributed by atoms with Crippen LogP contribution in [0.2, 0.25) is 0 Å². The Morgan fingerprint density at radius 1 is 1.31 bits per heavy atom. The van der Waals surface area contributed by atoms with Gasteiger partial charge in [-0.1, -0.05) is 11.8 Å². The molecule has 0 amide bonds. The number of aromatic nitrogens is 4.